The van der Waals surface area contributed by atoms with Gasteiger partial charge in [-0.3, -0.25) is 9.78 Å². The summed E-state index contributed by atoms with van der Waals surface area (Å²) in [6.07, 6.45) is -11.4. The standard InChI is InChI=1S/C31H25F9N4O3.Na.H/c1-18-6-7-41-26(9-18)25-5-4-21(29(32,33)34)12-20(25)17-44(28-42-14-24(15-43-28)47-8-2-3-27(45)46)16-19-10-22(30(35,36)37)13-23(11-19)31(38,39)40;;/h4-7,9-15H,2-3,8,16-17H2,1H3,(H,45,46);;. The second-order valence-corrected chi connectivity index (χ2v) is 10.4. The third-order valence-corrected chi connectivity index (χ3v) is 6.71. The molecule has 0 atom stereocenters. The molecule has 1 N–H and O–H groups in total. The molecule has 2 heterocycles. The Morgan fingerprint density at radius 2 is 1.40 bits per heavy atom. The van der Waals surface area contributed by atoms with Crippen LogP contribution in [0, 0.1) is 6.92 Å². The van der Waals surface area contributed by atoms with Crippen LogP contribution in [-0.4, -0.2) is 62.2 Å². The Morgan fingerprint density at radius 1 is 0.792 bits per heavy atom. The van der Waals surface area contributed by atoms with Crippen LogP contribution < -0.4 is 9.64 Å². The van der Waals surface area contributed by atoms with Crippen molar-refractivity contribution in [1.29, 1.82) is 0 Å². The van der Waals surface area contributed by atoms with Gasteiger partial charge in [-0.05, 0) is 72.5 Å². The van der Waals surface area contributed by atoms with Gasteiger partial charge in [-0.2, -0.15) is 39.5 Å². The molecule has 2 aromatic carbocycles. The number of aromatic nitrogens is 3. The average molecular weight is 697 g/mol. The molecule has 252 valence electrons. The van der Waals surface area contributed by atoms with Gasteiger partial charge in [-0.25, -0.2) is 9.97 Å². The third kappa shape index (κ3) is 10.6. The molecule has 0 bridgehead atoms. The number of hydrogen-bond acceptors (Lipinski definition) is 6. The van der Waals surface area contributed by atoms with Crippen LogP contribution in [0.3, 0.4) is 0 Å². The molecule has 0 unspecified atom stereocenters. The van der Waals surface area contributed by atoms with Crippen LogP contribution in [0.15, 0.2) is 67.1 Å². The number of rotatable bonds is 11. The molecule has 0 spiro atoms. The van der Waals surface area contributed by atoms with E-state index in [9.17, 15) is 44.3 Å². The second-order valence-electron chi connectivity index (χ2n) is 10.4. The Kier molecular flexibility index (Phi) is 12.5. The quantitative estimate of drug-likeness (QED) is 0.0977. The van der Waals surface area contributed by atoms with E-state index in [1.165, 1.54) is 12.3 Å². The van der Waals surface area contributed by atoms with Gasteiger partial charge in [0.25, 0.3) is 0 Å². The summed E-state index contributed by atoms with van der Waals surface area (Å²) in [5.41, 5.74) is -3.44. The molecular formula is C31H26F9N4NaO3. The van der Waals surface area contributed by atoms with Gasteiger partial charge in [-0.15, -0.1) is 0 Å². The van der Waals surface area contributed by atoms with E-state index in [-0.39, 0.29) is 83.6 Å². The Hall–Kier alpha value is -3.89. The number of aryl methyl sites for hydroxylation is 1. The Labute approximate surface area is 290 Å². The molecule has 0 aliphatic rings. The minimum absolute atomic E-state index is 0. The van der Waals surface area contributed by atoms with Crippen molar-refractivity contribution in [3.05, 3.63) is 101 Å². The summed E-state index contributed by atoms with van der Waals surface area (Å²) in [6, 6.07) is 7.08. The number of carbonyl (C=O) groups is 1. The third-order valence-electron chi connectivity index (χ3n) is 6.71. The summed E-state index contributed by atoms with van der Waals surface area (Å²) in [5, 5.41) is 8.76. The molecule has 48 heavy (non-hydrogen) atoms. The van der Waals surface area contributed by atoms with E-state index < -0.39 is 59.8 Å². The monoisotopic (exact) mass is 696 g/mol. The zero-order valence-corrected chi connectivity index (χ0v) is 24.3. The van der Waals surface area contributed by atoms with E-state index in [0.717, 1.165) is 35.0 Å². The second kappa shape index (κ2) is 15.6. The van der Waals surface area contributed by atoms with E-state index in [2.05, 4.69) is 15.0 Å². The van der Waals surface area contributed by atoms with E-state index in [1.54, 1.807) is 19.1 Å². The van der Waals surface area contributed by atoms with Gasteiger partial charge < -0.3 is 14.7 Å². The van der Waals surface area contributed by atoms with Crippen LogP contribution in [0.25, 0.3) is 11.3 Å². The van der Waals surface area contributed by atoms with Gasteiger partial charge in [0.1, 0.15) is 0 Å². The molecule has 0 fully saturated rings. The first-order valence-corrected chi connectivity index (χ1v) is 13.7. The van der Waals surface area contributed by atoms with Gasteiger partial charge in [0.15, 0.2) is 5.75 Å². The number of alkyl halides is 9. The van der Waals surface area contributed by atoms with Crippen LogP contribution in [-0.2, 0) is 36.4 Å². The molecule has 2 aromatic heterocycles. The minimum atomic E-state index is -5.14. The fourth-order valence-electron chi connectivity index (χ4n) is 4.53. The van der Waals surface area contributed by atoms with Gasteiger partial charge >= 0.3 is 54.1 Å². The summed E-state index contributed by atoms with van der Waals surface area (Å²) in [4.78, 5) is 24.3. The summed E-state index contributed by atoms with van der Waals surface area (Å²) in [6.45, 7) is 0.528. The molecule has 4 rings (SSSR count). The first kappa shape index (κ1) is 38.6. The zero-order chi connectivity index (χ0) is 34.6. The van der Waals surface area contributed by atoms with Gasteiger partial charge in [0.2, 0.25) is 5.95 Å². The Morgan fingerprint density at radius 3 is 1.94 bits per heavy atom. The SMILES string of the molecule is Cc1ccnc(-c2ccc(C(F)(F)F)cc2CN(Cc2cc(C(F)(F)F)cc(C(F)(F)F)c2)c2ncc(OCCCC(=O)O)cn2)c1.[NaH]. The maximum atomic E-state index is 13.8. The molecule has 7 nitrogen and oxygen atoms in total. The number of carboxylic acid groups (broad SMARTS) is 1. The maximum absolute atomic E-state index is 13.8. The molecular weight excluding hydrogens is 670 g/mol. The number of ether oxygens (including phenoxy) is 1. The molecule has 0 aliphatic carbocycles. The molecule has 0 radical (unpaired) electrons. The van der Waals surface area contributed by atoms with Crippen molar-refractivity contribution in [2.24, 2.45) is 0 Å². The topological polar surface area (TPSA) is 88.4 Å². The zero-order valence-electron chi connectivity index (χ0n) is 24.3. The Balaban J connectivity index is 0.00000625. The summed E-state index contributed by atoms with van der Waals surface area (Å²) >= 11 is 0. The number of anilines is 1. The van der Waals surface area contributed by atoms with Gasteiger partial charge in [0, 0.05) is 31.3 Å². The predicted molar refractivity (Wildman–Crippen MR) is 157 cm³/mol. The van der Waals surface area contributed by atoms with Gasteiger partial charge in [0.05, 0.1) is 41.4 Å². The average Bonchev–Trinajstić information content (AvgIpc) is 2.98. The van der Waals surface area contributed by atoms with E-state index in [1.807, 2.05) is 0 Å². The fraction of sp³-hybridized carbons (Fsp3) is 0.290. The normalized spacial score (nSPS) is 12.0. The van der Waals surface area contributed by atoms with Crippen molar-refractivity contribution in [1.82, 2.24) is 15.0 Å². The summed E-state index contributed by atoms with van der Waals surface area (Å²) in [5.74, 6) is -1.23. The number of aliphatic carboxylic acids is 1. The Bertz CT molecular complexity index is 1680. The van der Waals surface area contributed by atoms with Crippen molar-refractivity contribution in [3.63, 3.8) is 0 Å². The number of halogens is 9. The number of nitrogens with zero attached hydrogens (tertiary/aromatic N) is 4. The first-order valence-electron chi connectivity index (χ1n) is 13.7. The van der Waals surface area contributed by atoms with Crippen LogP contribution in [0.1, 0.15) is 46.2 Å². The number of carboxylic acids is 1. The van der Waals surface area contributed by atoms with Crippen molar-refractivity contribution in [3.8, 4) is 17.0 Å². The van der Waals surface area contributed by atoms with E-state index in [4.69, 9.17) is 9.84 Å². The fourth-order valence-corrected chi connectivity index (χ4v) is 4.53. The summed E-state index contributed by atoms with van der Waals surface area (Å²) < 4.78 is 128. The van der Waals surface area contributed by atoms with Crippen LogP contribution in [0.2, 0.25) is 0 Å². The molecule has 0 saturated heterocycles. The van der Waals surface area contributed by atoms with Crippen molar-refractivity contribution < 1.29 is 54.2 Å². The van der Waals surface area contributed by atoms with Crippen molar-refractivity contribution in [2.75, 3.05) is 11.5 Å². The predicted octanol–water partition coefficient (Wildman–Crippen LogP) is 7.71. The first-order chi connectivity index (χ1) is 21.9. The van der Waals surface area contributed by atoms with E-state index in [0.29, 0.717) is 12.1 Å². The molecule has 0 amide bonds. The van der Waals surface area contributed by atoms with Crippen LogP contribution in [0.4, 0.5) is 45.5 Å². The summed E-state index contributed by atoms with van der Waals surface area (Å²) in [7, 11) is 0. The van der Waals surface area contributed by atoms with Crippen LogP contribution >= 0.6 is 0 Å². The molecule has 0 saturated carbocycles. The van der Waals surface area contributed by atoms with E-state index >= 15 is 0 Å². The molecule has 0 aliphatic heterocycles. The number of pyridine rings is 1. The van der Waals surface area contributed by atoms with Crippen molar-refractivity contribution in [2.45, 2.75) is 51.4 Å². The van der Waals surface area contributed by atoms with Gasteiger partial charge in [-0.1, -0.05) is 6.07 Å². The number of hydrogen-bond donors (Lipinski definition) is 1. The van der Waals surface area contributed by atoms with Crippen LogP contribution in [0.5, 0.6) is 5.75 Å². The molecule has 4 aromatic rings. The van der Waals surface area contributed by atoms with Crippen molar-refractivity contribution >= 4 is 41.5 Å². The molecule has 17 heteroatoms. The number of benzene rings is 2.